The average Bonchev–Trinajstić information content (AvgIpc) is 3.45. The SMILES string of the molecule is CC(NC(=O)C1CCCN1C(=O)C(N)CS)C(=O)NC(Cc1c[nH]c2ccccc12)C(=O)O. The van der Waals surface area contributed by atoms with Crippen LogP contribution in [0.15, 0.2) is 30.5 Å². The van der Waals surface area contributed by atoms with Crippen LogP contribution in [0, 0.1) is 0 Å². The molecular weight excluding hydrogens is 446 g/mol. The molecule has 0 bridgehead atoms. The van der Waals surface area contributed by atoms with Crippen LogP contribution in [-0.4, -0.2) is 75.1 Å². The van der Waals surface area contributed by atoms with E-state index in [9.17, 15) is 24.3 Å². The summed E-state index contributed by atoms with van der Waals surface area (Å²) in [4.78, 5) is 54.1. The molecule has 4 unspecified atom stereocenters. The van der Waals surface area contributed by atoms with E-state index in [2.05, 4.69) is 28.2 Å². The van der Waals surface area contributed by atoms with Gasteiger partial charge in [0, 0.05) is 35.8 Å². The Morgan fingerprint density at radius 2 is 2.00 bits per heavy atom. The molecule has 1 saturated heterocycles. The molecule has 1 aromatic heterocycles. The van der Waals surface area contributed by atoms with Gasteiger partial charge in [-0.25, -0.2) is 4.79 Å². The summed E-state index contributed by atoms with van der Waals surface area (Å²) in [6, 6.07) is 3.79. The van der Waals surface area contributed by atoms with Crippen LogP contribution in [0.1, 0.15) is 25.3 Å². The maximum atomic E-state index is 12.7. The molecule has 1 aliphatic heterocycles. The lowest BCUT2D eigenvalue weighted by molar-refractivity contribution is -0.142. The minimum atomic E-state index is -1.18. The normalized spacial score (nSPS) is 18.5. The number of carbonyl (C=O) groups is 4. The fourth-order valence-electron chi connectivity index (χ4n) is 3.99. The second-order valence-corrected chi connectivity index (χ2v) is 8.54. The number of hydrogen-bond donors (Lipinski definition) is 6. The number of nitrogens with two attached hydrogens (primary N) is 1. The van der Waals surface area contributed by atoms with Crippen molar-refractivity contribution in [2.75, 3.05) is 12.3 Å². The van der Waals surface area contributed by atoms with Crippen LogP contribution >= 0.6 is 12.6 Å². The quantitative estimate of drug-likeness (QED) is 0.281. The molecule has 11 heteroatoms. The van der Waals surface area contributed by atoms with Gasteiger partial charge in [0.25, 0.3) is 0 Å². The summed E-state index contributed by atoms with van der Waals surface area (Å²) in [5.74, 6) is -2.48. The van der Waals surface area contributed by atoms with Crippen molar-refractivity contribution in [3.05, 3.63) is 36.0 Å². The van der Waals surface area contributed by atoms with Crippen LogP contribution in [0.4, 0.5) is 0 Å². The number of nitrogens with zero attached hydrogens (tertiary/aromatic N) is 1. The Morgan fingerprint density at radius 3 is 2.70 bits per heavy atom. The molecule has 3 rings (SSSR count). The first-order valence-corrected chi connectivity index (χ1v) is 11.4. The number of amides is 3. The predicted octanol–water partition coefficient (Wildman–Crippen LogP) is 0.0326. The first-order chi connectivity index (χ1) is 15.7. The highest BCUT2D eigenvalue weighted by atomic mass is 32.1. The van der Waals surface area contributed by atoms with Gasteiger partial charge in [0.2, 0.25) is 17.7 Å². The highest BCUT2D eigenvalue weighted by molar-refractivity contribution is 7.80. The number of H-pyrrole nitrogens is 1. The third-order valence-corrected chi connectivity index (χ3v) is 6.21. The van der Waals surface area contributed by atoms with Crippen LogP contribution in [0.25, 0.3) is 10.9 Å². The number of aliphatic carboxylic acids is 1. The first-order valence-electron chi connectivity index (χ1n) is 10.8. The van der Waals surface area contributed by atoms with E-state index in [1.54, 1.807) is 6.20 Å². The van der Waals surface area contributed by atoms with Gasteiger partial charge in [-0.3, -0.25) is 14.4 Å². The minimum absolute atomic E-state index is 0.0816. The van der Waals surface area contributed by atoms with Gasteiger partial charge in [-0.15, -0.1) is 0 Å². The van der Waals surface area contributed by atoms with Crippen molar-refractivity contribution in [1.82, 2.24) is 20.5 Å². The van der Waals surface area contributed by atoms with Crippen molar-refractivity contribution < 1.29 is 24.3 Å². The molecule has 2 aromatic rings. The average molecular weight is 476 g/mol. The van der Waals surface area contributed by atoms with Gasteiger partial charge in [-0.05, 0) is 31.4 Å². The summed E-state index contributed by atoms with van der Waals surface area (Å²) in [7, 11) is 0. The lowest BCUT2D eigenvalue weighted by Crippen LogP contribution is -2.56. The zero-order valence-electron chi connectivity index (χ0n) is 18.3. The van der Waals surface area contributed by atoms with E-state index in [1.165, 1.54) is 11.8 Å². The number of nitrogens with one attached hydrogen (secondary N) is 3. The molecule has 0 radical (unpaired) electrons. The third-order valence-electron chi connectivity index (χ3n) is 5.82. The second kappa shape index (κ2) is 10.7. The first kappa shape index (κ1) is 24.6. The number of carbonyl (C=O) groups excluding carboxylic acids is 3. The van der Waals surface area contributed by atoms with E-state index in [4.69, 9.17) is 5.73 Å². The Kier molecular flexibility index (Phi) is 7.98. The smallest absolute Gasteiger partial charge is 0.326 e. The molecule has 1 fully saturated rings. The largest absolute Gasteiger partial charge is 0.480 e. The molecule has 0 aliphatic carbocycles. The fraction of sp³-hybridized carbons (Fsp3) is 0.455. The van der Waals surface area contributed by atoms with Gasteiger partial charge in [-0.1, -0.05) is 18.2 Å². The van der Waals surface area contributed by atoms with Gasteiger partial charge in [0.1, 0.15) is 18.1 Å². The van der Waals surface area contributed by atoms with Crippen LogP contribution in [0.5, 0.6) is 0 Å². The zero-order chi connectivity index (χ0) is 24.1. The standard InChI is InChI=1S/C22H29N5O5S/c1-12(25-20(29)18-7-4-8-27(18)21(30)15(23)11-33)19(28)26-17(22(31)32)9-13-10-24-16-6-3-2-5-14(13)16/h2-3,5-6,10,12,15,17-18,24,33H,4,7-9,11,23H2,1H3,(H,25,29)(H,26,28)(H,31,32). The summed E-state index contributed by atoms with van der Waals surface area (Å²) in [5, 5.41) is 15.6. The van der Waals surface area contributed by atoms with Gasteiger partial charge < -0.3 is 31.4 Å². The number of rotatable bonds is 9. The summed E-state index contributed by atoms with van der Waals surface area (Å²) in [6.07, 6.45) is 2.91. The van der Waals surface area contributed by atoms with Gasteiger partial charge in [-0.2, -0.15) is 12.6 Å². The molecule has 33 heavy (non-hydrogen) atoms. The molecule has 1 aromatic carbocycles. The molecule has 3 amide bonds. The van der Waals surface area contributed by atoms with E-state index < -0.39 is 42.0 Å². The molecule has 0 spiro atoms. The number of fused-ring (bicyclic) bond motifs is 1. The van der Waals surface area contributed by atoms with Crippen molar-refractivity contribution >= 4 is 47.2 Å². The van der Waals surface area contributed by atoms with Crippen LogP contribution in [-0.2, 0) is 25.6 Å². The second-order valence-electron chi connectivity index (χ2n) is 8.17. The number of para-hydroxylation sites is 1. The number of likely N-dealkylation sites (tertiary alicyclic amines) is 1. The Morgan fingerprint density at radius 1 is 1.27 bits per heavy atom. The maximum Gasteiger partial charge on any atom is 0.326 e. The van der Waals surface area contributed by atoms with Crippen molar-refractivity contribution in [1.29, 1.82) is 0 Å². The maximum absolute atomic E-state index is 12.7. The van der Waals surface area contributed by atoms with Crippen LogP contribution < -0.4 is 16.4 Å². The summed E-state index contributed by atoms with van der Waals surface area (Å²) in [5.41, 5.74) is 7.39. The van der Waals surface area contributed by atoms with Crippen molar-refractivity contribution in [2.24, 2.45) is 5.73 Å². The Labute approximate surface area is 196 Å². The number of thiol groups is 1. The zero-order valence-corrected chi connectivity index (χ0v) is 19.2. The van der Waals surface area contributed by atoms with E-state index in [0.29, 0.717) is 19.4 Å². The molecule has 0 saturated carbocycles. The van der Waals surface area contributed by atoms with E-state index in [1.807, 2.05) is 24.3 Å². The van der Waals surface area contributed by atoms with Crippen molar-refractivity contribution in [2.45, 2.75) is 50.4 Å². The highest BCUT2D eigenvalue weighted by Gasteiger charge is 2.37. The molecule has 2 heterocycles. The number of aromatic amines is 1. The Hall–Kier alpha value is -3.05. The molecule has 1 aliphatic rings. The topological polar surface area (TPSA) is 158 Å². The highest BCUT2D eigenvalue weighted by Crippen LogP contribution is 2.20. The molecular formula is C22H29N5O5S. The Balaban J connectivity index is 1.61. The van der Waals surface area contributed by atoms with Gasteiger partial charge in [0.15, 0.2) is 0 Å². The number of benzene rings is 1. The van der Waals surface area contributed by atoms with E-state index >= 15 is 0 Å². The Bertz CT molecular complexity index is 1040. The third kappa shape index (κ3) is 5.66. The summed E-state index contributed by atoms with van der Waals surface area (Å²) >= 11 is 4.03. The van der Waals surface area contributed by atoms with Gasteiger partial charge in [0.05, 0.1) is 6.04 Å². The number of carboxylic acids is 1. The fourth-order valence-corrected chi connectivity index (χ4v) is 4.14. The lowest BCUT2D eigenvalue weighted by atomic mass is 10.0. The van der Waals surface area contributed by atoms with Gasteiger partial charge >= 0.3 is 5.97 Å². The number of hydrogen-bond acceptors (Lipinski definition) is 6. The van der Waals surface area contributed by atoms with E-state index in [0.717, 1.165) is 16.5 Å². The summed E-state index contributed by atoms with van der Waals surface area (Å²) in [6.45, 7) is 1.88. The monoisotopic (exact) mass is 475 g/mol. The van der Waals surface area contributed by atoms with E-state index in [-0.39, 0.29) is 18.1 Å². The van der Waals surface area contributed by atoms with Crippen molar-refractivity contribution in [3.63, 3.8) is 0 Å². The number of aromatic nitrogens is 1. The van der Waals surface area contributed by atoms with Crippen LogP contribution in [0.3, 0.4) is 0 Å². The molecule has 4 atom stereocenters. The predicted molar refractivity (Wildman–Crippen MR) is 126 cm³/mol. The number of carboxylic acid groups (broad SMARTS) is 1. The molecule has 10 nitrogen and oxygen atoms in total. The molecule has 6 N–H and O–H groups in total. The lowest BCUT2D eigenvalue weighted by Gasteiger charge is -2.27. The molecule has 178 valence electrons. The van der Waals surface area contributed by atoms with Crippen molar-refractivity contribution in [3.8, 4) is 0 Å². The van der Waals surface area contributed by atoms with Crippen LogP contribution in [0.2, 0.25) is 0 Å². The summed E-state index contributed by atoms with van der Waals surface area (Å²) < 4.78 is 0. The minimum Gasteiger partial charge on any atom is -0.480 e.